The lowest BCUT2D eigenvalue weighted by Crippen LogP contribution is -2.43. The smallest absolute Gasteiger partial charge is 0.315 e. The lowest BCUT2D eigenvalue weighted by Gasteiger charge is -2.26. The number of urea groups is 1. The molecule has 0 atom stereocenters. The third-order valence-electron chi connectivity index (χ3n) is 4.72. The van der Waals surface area contributed by atoms with Crippen LogP contribution in [0.4, 0.5) is 10.6 Å². The molecule has 0 bridgehead atoms. The zero-order chi connectivity index (χ0) is 16.1. The number of carbonyl (C=O) groups excluding carboxylic acids is 1. The van der Waals surface area contributed by atoms with Gasteiger partial charge >= 0.3 is 6.03 Å². The van der Waals surface area contributed by atoms with Gasteiger partial charge in [0.1, 0.15) is 5.82 Å². The molecular formula is C17H26N4O2. The van der Waals surface area contributed by atoms with Crippen LogP contribution >= 0.6 is 0 Å². The maximum Gasteiger partial charge on any atom is 0.315 e. The Balaban J connectivity index is 1.41. The Bertz CT molecular complexity index is 506. The van der Waals surface area contributed by atoms with Crippen molar-refractivity contribution < 1.29 is 9.90 Å². The third-order valence-corrected chi connectivity index (χ3v) is 4.72. The van der Waals surface area contributed by atoms with Crippen molar-refractivity contribution in [1.29, 1.82) is 0 Å². The van der Waals surface area contributed by atoms with Crippen molar-refractivity contribution in [2.24, 2.45) is 0 Å². The molecule has 2 fully saturated rings. The molecule has 2 amide bonds. The number of anilines is 1. The molecule has 6 heteroatoms. The van der Waals surface area contributed by atoms with Gasteiger partial charge in [-0.15, -0.1) is 0 Å². The number of nitrogens with one attached hydrogen (secondary N) is 2. The molecule has 0 aromatic carbocycles. The number of aromatic nitrogens is 1. The van der Waals surface area contributed by atoms with E-state index in [1.807, 2.05) is 18.3 Å². The molecule has 1 aromatic rings. The predicted molar refractivity (Wildman–Crippen MR) is 89.3 cm³/mol. The predicted octanol–water partition coefficient (Wildman–Crippen LogP) is 1.78. The molecule has 2 aliphatic rings. The van der Waals surface area contributed by atoms with Crippen molar-refractivity contribution in [2.75, 3.05) is 18.0 Å². The van der Waals surface area contributed by atoms with E-state index in [0.29, 0.717) is 6.54 Å². The van der Waals surface area contributed by atoms with E-state index in [4.69, 9.17) is 0 Å². The van der Waals surface area contributed by atoms with Crippen molar-refractivity contribution >= 4 is 11.8 Å². The first-order valence-corrected chi connectivity index (χ1v) is 8.63. The number of hydrogen-bond donors (Lipinski definition) is 3. The van der Waals surface area contributed by atoms with Gasteiger partial charge in [-0.05, 0) is 50.2 Å². The molecule has 0 unspecified atom stereocenters. The normalized spacial score (nSPS) is 24.5. The molecule has 3 N–H and O–H groups in total. The first kappa shape index (κ1) is 16.1. The number of hydrogen-bond acceptors (Lipinski definition) is 4. The molecule has 0 spiro atoms. The second-order valence-corrected chi connectivity index (χ2v) is 6.55. The summed E-state index contributed by atoms with van der Waals surface area (Å²) in [5.74, 6) is 1.02. The number of pyridine rings is 1. The van der Waals surface area contributed by atoms with Crippen LogP contribution < -0.4 is 15.5 Å². The molecule has 1 aromatic heterocycles. The summed E-state index contributed by atoms with van der Waals surface area (Å²) in [4.78, 5) is 18.7. The van der Waals surface area contributed by atoms with E-state index in [0.717, 1.165) is 50.2 Å². The summed E-state index contributed by atoms with van der Waals surface area (Å²) in [6.07, 6.45) is 7.36. The van der Waals surface area contributed by atoms with E-state index < -0.39 is 0 Å². The van der Waals surface area contributed by atoms with E-state index in [9.17, 15) is 9.90 Å². The molecule has 23 heavy (non-hydrogen) atoms. The molecule has 6 nitrogen and oxygen atoms in total. The lowest BCUT2D eigenvalue weighted by molar-refractivity contribution is 0.117. The second-order valence-electron chi connectivity index (χ2n) is 6.55. The summed E-state index contributed by atoms with van der Waals surface area (Å²) in [7, 11) is 0. The Labute approximate surface area is 137 Å². The van der Waals surface area contributed by atoms with Crippen LogP contribution in [0.15, 0.2) is 18.3 Å². The SMILES string of the molecule is O=C(NCc1ccc(N2CCCC2)nc1)NC1CCC(O)CC1. The number of aliphatic hydroxyl groups is 1. The molecule has 3 rings (SSSR count). The van der Waals surface area contributed by atoms with Crippen LogP contribution in [0, 0.1) is 0 Å². The van der Waals surface area contributed by atoms with E-state index in [1.54, 1.807) is 0 Å². The van der Waals surface area contributed by atoms with Crippen molar-refractivity contribution in [2.45, 2.75) is 57.2 Å². The molecule has 1 saturated heterocycles. The minimum absolute atomic E-state index is 0.144. The van der Waals surface area contributed by atoms with Crippen LogP contribution in [0.1, 0.15) is 44.1 Å². The Kier molecular flexibility index (Phi) is 5.33. The standard InChI is InChI=1S/C17H26N4O2/c22-15-6-4-14(5-7-15)20-17(23)19-12-13-3-8-16(18-11-13)21-9-1-2-10-21/h3,8,11,14-15,22H,1-2,4-7,9-10,12H2,(H2,19,20,23). The quantitative estimate of drug-likeness (QED) is 0.791. The minimum Gasteiger partial charge on any atom is -0.393 e. The van der Waals surface area contributed by atoms with Gasteiger partial charge in [-0.25, -0.2) is 9.78 Å². The van der Waals surface area contributed by atoms with Gasteiger partial charge in [0.2, 0.25) is 0 Å². The lowest BCUT2D eigenvalue weighted by atomic mass is 9.93. The fourth-order valence-electron chi connectivity index (χ4n) is 3.29. The second kappa shape index (κ2) is 7.64. The molecule has 2 heterocycles. The van der Waals surface area contributed by atoms with Crippen LogP contribution in [0.2, 0.25) is 0 Å². The third kappa shape index (κ3) is 4.58. The van der Waals surface area contributed by atoms with E-state index in [2.05, 4.69) is 20.5 Å². The number of aliphatic hydroxyl groups excluding tert-OH is 1. The zero-order valence-corrected chi connectivity index (χ0v) is 13.5. The Morgan fingerprint density at radius 3 is 2.61 bits per heavy atom. The topological polar surface area (TPSA) is 77.5 Å². The van der Waals surface area contributed by atoms with Gasteiger partial charge in [-0.1, -0.05) is 6.07 Å². The van der Waals surface area contributed by atoms with Gasteiger partial charge in [0, 0.05) is 31.9 Å². The Morgan fingerprint density at radius 1 is 1.22 bits per heavy atom. The average Bonchev–Trinajstić information content (AvgIpc) is 3.10. The molecular weight excluding hydrogens is 292 g/mol. The van der Waals surface area contributed by atoms with E-state index >= 15 is 0 Å². The molecule has 126 valence electrons. The fourth-order valence-corrected chi connectivity index (χ4v) is 3.29. The monoisotopic (exact) mass is 318 g/mol. The van der Waals surface area contributed by atoms with Crippen LogP contribution in [0.5, 0.6) is 0 Å². The molecule has 0 radical (unpaired) electrons. The van der Waals surface area contributed by atoms with Crippen molar-refractivity contribution in [1.82, 2.24) is 15.6 Å². The highest BCUT2D eigenvalue weighted by Crippen LogP contribution is 2.19. The zero-order valence-electron chi connectivity index (χ0n) is 13.5. The maximum absolute atomic E-state index is 11.9. The number of rotatable bonds is 4. The summed E-state index contributed by atoms with van der Waals surface area (Å²) in [5, 5.41) is 15.3. The summed E-state index contributed by atoms with van der Waals surface area (Å²) in [6, 6.07) is 4.09. The van der Waals surface area contributed by atoms with Gasteiger partial charge in [0.15, 0.2) is 0 Å². The van der Waals surface area contributed by atoms with Gasteiger partial charge in [-0.2, -0.15) is 0 Å². The molecule has 1 aliphatic heterocycles. The van der Waals surface area contributed by atoms with Crippen molar-refractivity contribution in [3.05, 3.63) is 23.9 Å². The first-order valence-electron chi connectivity index (χ1n) is 8.63. The van der Waals surface area contributed by atoms with E-state index in [1.165, 1.54) is 12.8 Å². The molecule has 1 aliphatic carbocycles. The number of nitrogens with zero attached hydrogens (tertiary/aromatic N) is 2. The van der Waals surface area contributed by atoms with Gasteiger partial charge in [0.05, 0.1) is 6.10 Å². The van der Waals surface area contributed by atoms with E-state index in [-0.39, 0.29) is 18.2 Å². The average molecular weight is 318 g/mol. The summed E-state index contributed by atoms with van der Waals surface area (Å²) in [6.45, 7) is 2.65. The Hall–Kier alpha value is -1.82. The van der Waals surface area contributed by atoms with Crippen molar-refractivity contribution in [3.63, 3.8) is 0 Å². The highest BCUT2D eigenvalue weighted by Gasteiger charge is 2.20. The fraction of sp³-hybridized carbons (Fsp3) is 0.647. The molecule has 1 saturated carbocycles. The van der Waals surface area contributed by atoms with Crippen molar-refractivity contribution in [3.8, 4) is 0 Å². The summed E-state index contributed by atoms with van der Waals surface area (Å²) in [5.41, 5.74) is 1.00. The van der Waals surface area contributed by atoms with Gasteiger partial charge in [0.25, 0.3) is 0 Å². The number of carbonyl (C=O) groups is 1. The number of amides is 2. The first-order chi connectivity index (χ1) is 11.2. The highest BCUT2D eigenvalue weighted by molar-refractivity contribution is 5.74. The summed E-state index contributed by atoms with van der Waals surface area (Å²) < 4.78 is 0. The highest BCUT2D eigenvalue weighted by atomic mass is 16.3. The van der Waals surface area contributed by atoms with Crippen LogP contribution in [0.25, 0.3) is 0 Å². The summed E-state index contributed by atoms with van der Waals surface area (Å²) >= 11 is 0. The minimum atomic E-state index is -0.198. The van der Waals surface area contributed by atoms with Crippen LogP contribution in [0.3, 0.4) is 0 Å². The van der Waals surface area contributed by atoms with Crippen LogP contribution in [-0.4, -0.2) is 41.4 Å². The maximum atomic E-state index is 11.9. The van der Waals surface area contributed by atoms with Crippen LogP contribution in [-0.2, 0) is 6.54 Å². The Morgan fingerprint density at radius 2 is 1.96 bits per heavy atom. The van der Waals surface area contributed by atoms with Gasteiger partial charge in [-0.3, -0.25) is 0 Å². The largest absolute Gasteiger partial charge is 0.393 e. The van der Waals surface area contributed by atoms with Gasteiger partial charge < -0.3 is 20.6 Å².